The Labute approximate surface area is 110 Å². The molecule has 3 rings (SSSR count). The molecule has 2 aliphatic rings. The lowest BCUT2D eigenvalue weighted by Gasteiger charge is -2.23. The molecule has 1 fully saturated rings. The van der Waals surface area contributed by atoms with E-state index in [0.717, 1.165) is 6.42 Å². The molecular formula is C12H12N2O4S. The summed E-state index contributed by atoms with van der Waals surface area (Å²) in [6.07, 6.45) is 1.23. The Bertz CT molecular complexity index is 681. The van der Waals surface area contributed by atoms with Gasteiger partial charge in [-0.25, -0.2) is 4.79 Å². The van der Waals surface area contributed by atoms with Crippen LogP contribution in [0.5, 0.6) is 0 Å². The van der Waals surface area contributed by atoms with Gasteiger partial charge in [0.2, 0.25) is 0 Å². The van der Waals surface area contributed by atoms with Crippen molar-refractivity contribution in [2.45, 2.75) is 23.8 Å². The lowest BCUT2D eigenvalue weighted by molar-refractivity contribution is -0.140. The van der Waals surface area contributed by atoms with Gasteiger partial charge in [0.25, 0.3) is 10.0 Å². The van der Waals surface area contributed by atoms with Gasteiger partial charge >= 0.3 is 5.97 Å². The van der Waals surface area contributed by atoms with E-state index in [0.29, 0.717) is 18.5 Å². The van der Waals surface area contributed by atoms with Gasteiger partial charge in [0, 0.05) is 12.1 Å². The number of fused-ring (bicyclic) bond motifs is 1. The first kappa shape index (κ1) is 12.2. The summed E-state index contributed by atoms with van der Waals surface area (Å²) in [5, 5.41) is 9.18. The lowest BCUT2D eigenvalue weighted by Crippen LogP contribution is -2.40. The third-order valence-electron chi connectivity index (χ3n) is 3.42. The summed E-state index contributed by atoms with van der Waals surface area (Å²) in [5.41, 5.74) is 0.496. The van der Waals surface area contributed by atoms with Gasteiger partial charge < -0.3 is 10.0 Å². The van der Waals surface area contributed by atoms with Crippen LogP contribution in [0.4, 0.5) is 0 Å². The fraction of sp³-hybridized carbons (Fsp3) is 0.333. The van der Waals surface area contributed by atoms with Crippen LogP contribution in [0.25, 0.3) is 0 Å². The van der Waals surface area contributed by atoms with E-state index >= 15 is 0 Å². The minimum Gasteiger partial charge on any atom is -0.480 e. The molecule has 0 spiro atoms. The molecular weight excluding hydrogens is 268 g/mol. The minimum absolute atomic E-state index is 0.154. The molecule has 0 aliphatic carbocycles. The van der Waals surface area contributed by atoms with E-state index in [1.165, 1.54) is 6.07 Å². The molecule has 0 aromatic heterocycles. The molecule has 1 unspecified atom stereocenters. The Morgan fingerprint density at radius 2 is 2.11 bits per heavy atom. The highest BCUT2D eigenvalue weighted by atomic mass is 32.2. The van der Waals surface area contributed by atoms with Crippen LogP contribution < -0.4 is 0 Å². The molecule has 1 saturated heterocycles. The van der Waals surface area contributed by atoms with Crippen LogP contribution in [-0.2, 0) is 14.8 Å². The van der Waals surface area contributed by atoms with Crippen molar-refractivity contribution >= 4 is 21.8 Å². The van der Waals surface area contributed by atoms with Crippen LogP contribution in [0.15, 0.2) is 33.6 Å². The number of nitrogens with zero attached hydrogens (tertiary/aromatic N) is 2. The molecule has 6 nitrogen and oxygen atoms in total. The topological polar surface area (TPSA) is 87.0 Å². The predicted molar refractivity (Wildman–Crippen MR) is 67.5 cm³/mol. The number of sulfonamides is 1. The van der Waals surface area contributed by atoms with E-state index in [4.69, 9.17) is 0 Å². The van der Waals surface area contributed by atoms with E-state index in [1.807, 2.05) is 0 Å². The van der Waals surface area contributed by atoms with Gasteiger partial charge in [0.05, 0.1) is 0 Å². The lowest BCUT2D eigenvalue weighted by atomic mass is 10.1. The Hall–Kier alpha value is -1.89. The maximum atomic E-state index is 11.9. The number of likely N-dealkylation sites (tertiary alicyclic amines) is 1. The number of hydrogen-bond acceptors (Lipinski definition) is 4. The molecule has 1 N–H and O–H groups in total. The van der Waals surface area contributed by atoms with E-state index < -0.39 is 22.0 Å². The number of benzene rings is 1. The van der Waals surface area contributed by atoms with Crippen molar-refractivity contribution in [1.82, 2.24) is 4.90 Å². The number of carboxylic acid groups (broad SMARTS) is 1. The van der Waals surface area contributed by atoms with Crippen molar-refractivity contribution in [3.8, 4) is 0 Å². The van der Waals surface area contributed by atoms with Crippen LogP contribution in [0.1, 0.15) is 18.4 Å². The van der Waals surface area contributed by atoms with E-state index in [-0.39, 0.29) is 10.7 Å². The summed E-state index contributed by atoms with van der Waals surface area (Å²) >= 11 is 0. The molecule has 100 valence electrons. The molecule has 0 saturated carbocycles. The average molecular weight is 280 g/mol. The first-order valence-corrected chi connectivity index (χ1v) is 7.38. The van der Waals surface area contributed by atoms with Crippen molar-refractivity contribution in [1.29, 1.82) is 0 Å². The Balaban J connectivity index is 2.10. The fourth-order valence-corrected chi connectivity index (χ4v) is 3.79. The molecule has 0 bridgehead atoms. The van der Waals surface area contributed by atoms with Gasteiger partial charge in [-0.15, -0.1) is 4.40 Å². The largest absolute Gasteiger partial charge is 0.480 e. The SMILES string of the molecule is O=C(O)C1CCCN1C1=NS(=O)(=O)c2ccccc21. The van der Waals surface area contributed by atoms with Crippen LogP contribution in [0.3, 0.4) is 0 Å². The Morgan fingerprint density at radius 1 is 1.37 bits per heavy atom. The summed E-state index contributed by atoms with van der Waals surface area (Å²) in [7, 11) is -3.69. The number of amidine groups is 1. The highest BCUT2D eigenvalue weighted by molar-refractivity contribution is 7.90. The molecule has 2 aliphatic heterocycles. The van der Waals surface area contributed by atoms with Crippen molar-refractivity contribution in [2.24, 2.45) is 4.40 Å². The maximum absolute atomic E-state index is 11.9. The van der Waals surface area contributed by atoms with E-state index in [9.17, 15) is 18.3 Å². The Morgan fingerprint density at radius 3 is 2.84 bits per heavy atom. The second-order valence-corrected chi connectivity index (χ2v) is 6.15. The van der Waals surface area contributed by atoms with E-state index in [2.05, 4.69) is 4.40 Å². The molecule has 0 amide bonds. The highest BCUT2D eigenvalue weighted by Gasteiger charge is 2.38. The standard InChI is InChI=1S/C12H12N2O4S/c15-12(16)9-5-3-7-14(9)11-8-4-1-2-6-10(8)19(17,18)13-11/h1-2,4,6,9H,3,5,7H2,(H,15,16). The molecule has 19 heavy (non-hydrogen) atoms. The Kier molecular flexibility index (Phi) is 2.60. The van der Waals surface area contributed by atoms with Crippen LogP contribution in [-0.4, -0.2) is 42.8 Å². The first-order chi connectivity index (χ1) is 9.00. The highest BCUT2D eigenvalue weighted by Crippen LogP contribution is 2.30. The van der Waals surface area contributed by atoms with Crippen molar-refractivity contribution in [3.63, 3.8) is 0 Å². The van der Waals surface area contributed by atoms with Gasteiger partial charge in [-0.1, -0.05) is 12.1 Å². The van der Waals surface area contributed by atoms with Crippen LogP contribution in [0, 0.1) is 0 Å². The molecule has 1 aromatic rings. The van der Waals surface area contributed by atoms with Gasteiger partial charge in [-0.3, -0.25) is 0 Å². The predicted octanol–water partition coefficient (Wildman–Crippen LogP) is 0.684. The summed E-state index contributed by atoms with van der Waals surface area (Å²) in [6.45, 7) is 0.514. The molecule has 0 radical (unpaired) electrons. The number of carboxylic acids is 1. The first-order valence-electron chi connectivity index (χ1n) is 5.94. The average Bonchev–Trinajstić information content (AvgIpc) is 2.93. The van der Waals surface area contributed by atoms with Gasteiger partial charge in [0.15, 0.2) is 5.84 Å². The third-order valence-corrected chi connectivity index (χ3v) is 4.75. The molecule has 1 aromatic carbocycles. The smallest absolute Gasteiger partial charge is 0.326 e. The number of hydrogen-bond donors (Lipinski definition) is 1. The van der Waals surface area contributed by atoms with Gasteiger partial charge in [-0.05, 0) is 25.0 Å². The van der Waals surface area contributed by atoms with Crippen LogP contribution >= 0.6 is 0 Å². The molecule has 1 atom stereocenters. The van der Waals surface area contributed by atoms with Gasteiger partial charge in [0.1, 0.15) is 10.9 Å². The van der Waals surface area contributed by atoms with Crippen molar-refractivity contribution < 1.29 is 18.3 Å². The maximum Gasteiger partial charge on any atom is 0.326 e. The number of aliphatic carboxylic acids is 1. The second kappa shape index (κ2) is 4.06. The summed E-state index contributed by atoms with van der Waals surface area (Å²) in [6, 6.07) is 5.82. The van der Waals surface area contributed by atoms with Crippen LogP contribution in [0.2, 0.25) is 0 Å². The van der Waals surface area contributed by atoms with Crippen molar-refractivity contribution in [2.75, 3.05) is 6.54 Å². The number of rotatable bonds is 1. The normalized spacial score (nSPS) is 24.1. The zero-order chi connectivity index (χ0) is 13.6. The fourth-order valence-electron chi connectivity index (χ4n) is 2.57. The molecule has 7 heteroatoms. The second-order valence-electron chi connectivity index (χ2n) is 4.58. The summed E-state index contributed by atoms with van der Waals surface area (Å²) < 4.78 is 27.6. The van der Waals surface area contributed by atoms with E-state index in [1.54, 1.807) is 23.1 Å². The zero-order valence-electron chi connectivity index (χ0n) is 9.98. The monoisotopic (exact) mass is 280 g/mol. The quantitative estimate of drug-likeness (QED) is 0.817. The summed E-state index contributed by atoms with van der Waals surface area (Å²) in [5.74, 6) is -0.678. The molecule has 2 heterocycles. The van der Waals surface area contributed by atoms with Gasteiger partial charge in [-0.2, -0.15) is 8.42 Å². The minimum atomic E-state index is -3.69. The number of carbonyl (C=O) groups is 1. The van der Waals surface area contributed by atoms with Crippen molar-refractivity contribution in [3.05, 3.63) is 29.8 Å². The third kappa shape index (κ3) is 1.81. The summed E-state index contributed by atoms with van der Waals surface area (Å²) in [4.78, 5) is 12.9. The zero-order valence-corrected chi connectivity index (χ0v) is 10.8.